The lowest BCUT2D eigenvalue weighted by Crippen LogP contribution is -2.09. The second-order valence-electron chi connectivity index (χ2n) is 7.29. The molecule has 0 radical (unpaired) electrons. The van der Waals surface area contributed by atoms with E-state index >= 15 is 0 Å². The van der Waals surface area contributed by atoms with E-state index in [9.17, 15) is 8.42 Å². The number of allylic oxidation sites excluding steroid dienone is 2. The van der Waals surface area contributed by atoms with Gasteiger partial charge in [-0.25, -0.2) is 4.18 Å². The lowest BCUT2D eigenvalue weighted by atomic mass is 10.1. The Morgan fingerprint density at radius 2 is 1.12 bits per heavy atom. The number of rotatable bonds is 20. The van der Waals surface area contributed by atoms with Crippen LogP contribution < -0.4 is 11.1 Å². The summed E-state index contributed by atoms with van der Waals surface area (Å²) in [6.07, 6.45) is 21.9. The second-order valence-corrected chi connectivity index (χ2v) is 8.68. The van der Waals surface area contributed by atoms with Crippen LogP contribution in [0.5, 0.6) is 0 Å². The highest BCUT2D eigenvalue weighted by atomic mass is 32.3. The first-order valence-corrected chi connectivity index (χ1v) is 14.3. The number of hydrogen-bond acceptors (Lipinski definition) is 6. The van der Waals surface area contributed by atoms with Gasteiger partial charge in [-0.3, -0.25) is 4.18 Å². The van der Waals surface area contributed by atoms with Gasteiger partial charge in [-0.15, -0.1) is 13.2 Å². The first-order chi connectivity index (χ1) is 16.0. The Balaban J connectivity index is -0.000000401. The molecule has 0 saturated heterocycles. The lowest BCUT2D eigenvalue weighted by molar-refractivity contribution is 0.238. The van der Waals surface area contributed by atoms with Crippen LogP contribution in [0.15, 0.2) is 25.3 Å². The van der Waals surface area contributed by atoms with E-state index < -0.39 is 10.4 Å². The highest BCUT2D eigenvalue weighted by Crippen LogP contribution is 2.10. The Labute approximate surface area is 208 Å². The zero-order valence-electron chi connectivity index (χ0n) is 22.7. The topological polar surface area (TPSA) is 90.7 Å². The van der Waals surface area contributed by atoms with Gasteiger partial charge in [0.1, 0.15) is 0 Å². The average Bonchev–Trinajstić information content (AvgIpc) is 2.84. The van der Waals surface area contributed by atoms with Crippen LogP contribution in [0.2, 0.25) is 0 Å². The van der Waals surface area contributed by atoms with Gasteiger partial charge >= 0.3 is 10.4 Å². The van der Waals surface area contributed by atoms with Gasteiger partial charge in [-0.1, -0.05) is 90.7 Å². The van der Waals surface area contributed by atoms with Gasteiger partial charge in [-0.2, -0.15) is 8.42 Å². The van der Waals surface area contributed by atoms with Crippen LogP contribution in [0.25, 0.3) is 0 Å². The first kappa shape index (κ1) is 39.5. The Morgan fingerprint density at radius 1 is 0.727 bits per heavy atom. The molecule has 0 aliphatic heterocycles. The van der Waals surface area contributed by atoms with E-state index in [0.29, 0.717) is 0 Å². The molecule has 0 unspecified atom stereocenters. The highest BCUT2D eigenvalue weighted by Gasteiger charge is 2.07. The summed E-state index contributed by atoms with van der Waals surface area (Å²) in [5.74, 6) is 0. The van der Waals surface area contributed by atoms with Crippen molar-refractivity contribution in [3.8, 4) is 0 Å². The zero-order valence-corrected chi connectivity index (χ0v) is 23.5. The largest absolute Gasteiger partial charge is 0.399 e. The summed E-state index contributed by atoms with van der Waals surface area (Å²) in [4.78, 5) is 0. The summed E-state index contributed by atoms with van der Waals surface area (Å²) in [5, 5.41) is 3.11. The highest BCUT2D eigenvalue weighted by molar-refractivity contribution is 7.81. The average molecular weight is 495 g/mol. The molecule has 0 saturated carbocycles. The monoisotopic (exact) mass is 494 g/mol. The number of hydrogen-bond donors (Lipinski definition) is 2. The first-order valence-electron chi connectivity index (χ1n) is 12.9. The molecule has 0 aliphatic rings. The van der Waals surface area contributed by atoms with Crippen LogP contribution in [-0.2, 0) is 18.8 Å². The molecule has 202 valence electrons. The molecular formula is C26H58N2O4S. The Kier molecular flexibility index (Phi) is 46.1. The SMILES string of the molecule is C=C.CCCCCCCC/C=C\CCCCCCCCOS(=O)(=O)OC.CCNCC.CN. The third-order valence-electron chi connectivity index (χ3n) is 4.59. The lowest BCUT2D eigenvalue weighted by Gasteiger charge is -2.03. The van der Waals surface area contributed by atoms with Crippen LogP contribution in [-0.4, -0.2) is 42.3 Å². The van der Waals surface area contributed by atoms with E-state index in [0.717, 1.165) is 39.5 Å². The molecule has 7 heteroatoms. The summed E-state index contributed by atoms with van der Waals surface area (Å²) in [6, 6.07) is 0. The molecule has 0 aromatic rings. The fourth-order valence-electron chi connectivity index (χ4n) is 2.81. The minimum Gasteiger partial charge on any atom is -0.333 e. The number of nitrogens with one attached hydrogen (secondary N) is 1. The molecule has 0 bridgehead atoms. The maximum atomic E-state index is 10.9. The normalized spacial score (nSPS) is 10.5. The molecule has 6 nitrogen and oxygen atoms in total. The van der Waals surface area contributed by atoms with Gasteiger partial charge < -0.3 is 11.1 Å². The molecule has 33 heavy (non-hydrogen) atoms. The van der Waals surface area contributed by atoms with Crippen molar-refractivity contribution in [2.75, 3.05) is 33.9 Å². The zero-order chi connectivity index (χ0) is 26.1. The standard InChI is InChI=1S/C19H38O4S.C4H11N.C2H4.CH5N/c1-3-4-5-6-7-8-9-10-11-12-13-14-15-16-17-18-19-23-24(20,21)22-2;1-3-5-4-2;2*1-2/h10-11H,3-9,12-19H2,1-2H3;5H,3-4H2,1-2H3;1-2H2;2H2,1H3/b11-10-;;;. The maximum Gasteiger partial charge on any atom is 0.399 e. The molecule has 0 aromatic carbocycles. The molecule has 0 atom stereocenters. The van der Waals surface area contributed by atoms with E-state index in [1.165, 1.54) is 77.7 Å². The van der Waals surface area contributed by atoms with Gasteiger partial charge in [0.15, 0.2) is 0 Å². The molecule has 3 N–H and O–H groups in total. The summed E-state index contributed by atoms with van der Waals surface area (Å²) in [6.45, 7) is 14.9. The van der Waals surface area contributed by atoms with Crippen molar-refractivity contribution in [3.05, 3.63) is 25.3 Å². The van der Waals surface area contributed by atoms with Crippen molar-refractivity contribution in [1.29, 1.82) is 0 Å². The van der Waals surface area contributed by atoms with E-state index in [-0.39, 0.29) is 6.61 Å². The van der Waals surface area contributed by atoms with E-state index in [1.807, 2.05) is 0 Å². The molecular weight excluding hydrogens is 436 g/mol. The summed E-state index contributed by atoms with van der Waals surface area (Å²) in [5.41, 5.74) is 4.50. The molecule has 0 aromatic heterocycles. The molecule has 0 spiro atoms. The van der Waals surface area contributed by atoms with Crippen molar-refractivity contribution in [1.82, 2.24) is 5.32 Å². The van der Waals surface area contributed by atoms with Crippen LogP contribution >= 0.6 is 0 Å². The summed E-state index contributed by atoms with van der Waals surface area (Å²) < 4.78 is 30.7. The smallest absolute Gasteiger partial charge is 0.333 e. The van der Waals surface area contributed by atoms with Crippen LogP contribution in [0, 0.1) is 0 Å². The minimum atomic E-state index is -3.75. The van der Waals surface area contributed by atoms with Gasteiger partial charge in [0.2, 0.25) is 0 Å². The Bertz CT molecular complexity index is 442. The molecule has 0 rings (SSSR count). The van der Waals surface area contributed by atoms with Gasteiger partial charge in [0.05, 0.1) is 13.7 Å². The van der Waals surface area contributed by atoms with Crippen molar-refractivity contribution in [2.45, 2.75) is 111 Å². The van der Waals surface area contributed by atoms with Gasteiger partial charge in [0.25, 0.3) is 0 Å². The van der Waals surface area contributed by atoms with Crippen LogP contribution in [0.3, 0.4) is 0 Å². The number of nitrogens with two attached hydrogens (primary N) is 1. The van der Waals surface area contributed by atoms with E-state index in [4.69, 9.17) is 0 Å². The Hall–Kier alpha value is -0.730. The molecule has 0 amide bonds. The van der Waals surface area contributed by atoms with E-state index in [2.05, 4.69) is 65.5 Å². The van der Waals surface area contributed by atoms with Crippen molar-refractivity contribution in [3.63, 3.8) is 0 Å². The maximum absolute atomic E-state index is 10.9. The van der Waals surface area contributed by atoms with E-state index in [1.54, 1.807) is 0 Å². The van der Waals surface area contributed by atoms with Crippen LogP contribution in [0.1, 0.15) is 111 Å². The summed E-state index contributed by atoms with van der Waals surface area (Å²) >= 11 is 0. The fourth-order valence-corrected chi connectivity index (χ4v) is 3.23. The second kappa shape index (κ2) is 38.5. The minimum absolute atomic E-state index is 0.220. The van der Waals surface area contributed by atoms with Gasteiger partial charge in [0, 0.05) is 0 Å². The van der Waals surface area contributed by atoms with Crippen molar-refractivity contribution >= 4 is 10.4 Å². The predicted molar refractivity (Wildman–Crippen MR) is 147 cm³/mol. The third-order valence-corrected chi connectivity index (χ3v) is 5.45. The number of unbranched alkanes of at least 4 members (excludes halogenated alkanes) is 12. The summed E-state index contributed by atoms with van der Waals surface area (Å²) in [7, 11) is -1.14. The Morgan fingerprint density at radius 3 is 1.48 bits per heavy atom. The third kappa shape index (κ3) is 45.5. The molecule has 0 heterocycles. The van der Waals surface area contributed by atoms with Crippen LogP contribution in [0.4, 0.5) is 0 Å². The van der Waals surface area contributed by atoms with Gasteiger partial charge in [-0.05, 0) is 52.2 Å². The van der Waals surface area contributed by atoms with Crippen molar-refractivity contribution < 1.29 is 16.8 Å². The predicted octanol–water partition coefficient (Wildman–Crippen LogP) is 6.92. The quantitative estimate of drug-likeness (QED) is 0.141. The fraction of sp³-hybridized carbons (Fsp3) is 0.846. The molecule has 0 aliphatic carbocycles. The molecule has 0 fully saturated rings. The van der Waals surface area contributed by atoms with Crippen molar-refractivity contribution in [2.24, 2.45) is 5.73 Å².